The zero-order valence-electron chi connectivity index (χ0n) is 8.98. The molecule has 14 heavy (non-hydrogen) atoms. The Morgan fingerprint density at radius 3 is 2.00 bits per heavy atom. The highest BCUT2D eigenvalue weighted by molar-refractivity contribution is 7.67. The molecule has 1 aliphatic rings. The molecule has 0 unspecified atom stereocenters. The molecule has 1 aromatic rings. The number of rotatable bonds is 1. The Balaban J connectivity index is 0.000000980. The molecule has 1 fully saturated rings. The van der Waals surface area contributed by atoms with Crippen LogP contribution in [0.3, 0.4) is 0 Å². The molecule has 0 amide bonds. The summed E-state index contributed by atoms with van der Waals surface area (Å²) < 4.78 is 0. The highest BCUT2D eigenvalue weighted by atomic mass is 31.1. The maximum atomic E-state index is 2.42. The monoisotopic (exact) mass is 203 g/mol. The Morgan fingerprint density at radius 1 is 1.00 bits per heavy atom. The largest absolute Gasteiger partial charge is 0.0695 e. The van der Waals surface area contributed by atoms with Gasteiger partial charge in [-0.15, -0.1) is 0 Å². The van der Waals surface area contributed by atoms with E-state index in [1.807, 2.05) is 0 Å². The third-order valence-electron chi connectivity index (χ3n) is 3.01. The summed E-state index contributed by atoms with van der Waals surface area (Å²) in [6.45, 7) is 4.84. The lowest BCUT2D eigenvalue weighted by atomic mass is 10.2. The summed E-state index contributed by atoms with van der Waals surface area (Å²) in [5.74, 6) is 0. The van der Waals surface area contributed by atoms with Gasteiger partial charge in [0.25, 0.3) is 0 Å². The van der Waals surface area contributed by atoms with Crippen LogP contribution < -0.4 is 5.30 Å². The molecule has 0 aliphatic carbocycles. The van der Waals surface area contributed by atoms with Crippen molar-refractivity contribution in [1.82, 2.24) is 0 Å². The van der Waals surface area contributed by atoms with Crippen LogP contribution in [-0.2, 0) is 0 Å². The van der Waals surface area contributed by atoms with E-state index in [4.69, 9.17) is 0 Å². The summed E-state index contributed by atoms with van der Waals surface area (Å²) in [6, 6.07) is 11.1. The van der Waals surface area contributed by atoms with Gasteiger partial charge in [-0.2, -0.15) is 0 Å². The van der Waals surface area contributed by atoms with Gasteiger partial charge in [0, 0.05) is 8.41 Å². The first kappa shape index (κ1) is 11.8. The molecule has 0 aromatic heterocycles. The number of benzene rings is 1. The third-order valence-corrected chi connectivity index (χ3v) is 6.32. The van der Waals surface area contributed by atoms with E-state index >= 15 is 0 Å². The van der Waals surface area contributed by atoms with Crippen molar-refractivity contribution in [3.63, 3.8) is 0 Å². The van der Waals surface area contributed by atoms with Gasteiger partial charge in [-0.25, -0.2) is 0 Å². The summed E-state index contributed by atoms with van der Waals surface area (Å²) in [7, 11) is 0.137. The summed E-state index contributed by atoms with van der Waals surface area (Å²) in [6.07, 6.45) is 2.86. The van der Waals surface area contributed by atoms with Crippen LogP contribution >= 0.6 is 7.92 Å². The Labute approximate surface area is 90.4 Å². The molecule has 1 saturated heterocycles. The van der Waals surface area contributed by atoms with Gasteiger partial charge in [0.2, 0.25) is 0 Å². The van der Waals surface area contributed by atoms with E-state index in [1.54, 1.807) is 5.30 Å². The lowest BCUT2D eigenvalue weighted by Gasteiger charge is -2.20. The zero-order valence-corrected chi connectivity index (χ0v) is 9.87. The zero-order chi connectivity index (χ0) is 9.26. The maximum Gasteiger partial charge on any atom is 0 e. The van der Waals surface area contributed by atoms with E-state index in [2.05, 4.69) is 44.2 Å². The second-order valence-electron chi connectivity index (χ2n) is 4.02. The van der Waals surface area contributed by atoms with Crippen LogP contribution in [0.4, 0.5) is 0 Å². The van der Waals surface area contributed by atoms with Crippen LogP contribution in [0.1, 0.15) is 26.7 Å². The third kappa shape index (κ3) is 2.20. The Bertz CT molecular complexity index is 263. The second kappa shape index (κ2) is 4.98. The Morgan fingerprint density at radius 2 is 1.50 bits per heavy atom. The van der Waals surface area contributed by atoms with E-state index in [0.29, 0.717) is 0 Å². The molecule has 1 aromatic carbocycles. The van der Waals surface area contributed by atoms with E-state index in [0.717, 1.165) is 11.3 Å². The number of hydrogen-bond donors (Lipinski definition) is 0. The first-order chi connectivity index (χ1) is 6.29. The SMILES string of the molecule is C[C@H]1CC[C@H](C)P1c1ccccc1.[B]. The fourth-order valence-electron chi connectivity index (χ4n) is 2.30. The van der Waals surface area contributed by atoms with Crippen LogP contribution in [0.25, 0.3) is 0 Å². The lowest BCUT2D eigenvalue weighted by molar-refractivity contribution is 0.777. The van der Waals surface area contributed by atoms with Crippen molar-refractivity contribution in [3.05, 3.63) is 30.3 Å². The molecular weight excluding hydrogens is 186 g/mol. The fraction of sp³-hybridized carbons (Fsp3) is 0.500. The van der Waals surface area contributed by atoms with Crippen LogP contribution in [0.15, 0.2) is 30.3 Å². The van der Waals surface area contributed by atoms with Crippen LogP contribution in [-0.4, -0.2) is 19.7 Å². The van der Waals surface area contributed by atoms with Gasteiger partial charge in [0.1, 0.15) is 0 Å². The summed E-state index contributed by atoms with van der Waals surface area (Å²) in [4.78, 5) is 0. The van der Waals surface area contributed by atoms with Gasteiger partial charge in [0.15, 0.2) is 0 Å². The average Bonchev–Trinajstić information content (AvgIpc) is 2.48. The quantitative estimate of drug-likeness (QED) is 0.486. The van der Waals surface area contributed by atoms with E-state index in [9.17, 15) is 0 Å². The molecule has 0 bridgehead atoms. The summed E-state index contributed by atoms with van der Waals surface area (Å²) in [5, 5.41) is 1.61. The Hall–Kier alpha value is -0.285. The normalized spacial score (nSPS) is 27.3. The minimum Gasteiger partial charge on any atom is -0.0695 e. The number of hydrogen-bond acceptors (Lipinski definition) is 0. The maximum absolute atomic E-state index is 2.42. The van der Waals surface area contributed by atoms with Crippen LogP contribution in [0.2, 0.25) is 0 Å². The standard InChI is InChI=1S/C12H17P.B/c1-10-8-9-11(2)13(10)12-6-4-3-5-7-12;/h3-7,10-11H,8-9H2,1-2H3;/t10-,11-;/m0./s1. The van der Waals surface area contributed by atoms with Crippen LogP contribution in [0.5, 0.6) is 0 Å². The molecule has 1 heterocycles. The van der Waals surface area contributed by atoms with Crippen molar-refractivity contribution < 1.29 is 0 Å². The van der Waals surface area contributed by atoms with Gasteiger partial charge in [-0.05, 0) is 29.5 Å². The lowest BCUT2D eigenvalue weighted by Crippen LogP contribution is -2.10. The summed E-state index contributed by atoms with van der Waals surface area (Å²) >= 11 is 0. The second-order valence-corrected chi connectivity index (χ2v) is 7.11. The molecule has 2 atom stereocenters. The first-order valence-corrected chi connectivity index (χ1v) is 6.60. The molecule has 1 aliphatic heterocycles. The average molecular weight is 203 g/mol. The van der Waals surface area contributed by atoms with E-state index in [1.165, 1.54) is 12.8 Å². The smallest absolute Gasteiger partial charge is 0 e. The highest BCUT2D eigenvalue weighted by Crippen LogP contribution is 2.54. The van der Waals surface area contributed by atoms with Gasteiger partial charge in [-0.3, -0.25) is 0 Å². The molecule has 0 saturated carbocycles. The van der Waals surface area contributed by atoms with Gasteiger partial charge in [-0.1, -0.05) is 52.1 Å². The molecule has 0 N–H and O–H groups in total. The minimum absolute atomic E-state index is 0. The van der Waals surface area contributed by atoms with Crippen molar-refractivity contribution >= 4 is 21.6 Å². The molecular formula is C12H17BP. The molecule has 73 valence electrons. The van der Waals surface area contributed by atoms with Crippen molar-refractivity contribution in [3.8, 4) is 0 Å². The fourth-order valence-corrected chi connectivity index (χ4v) is 5.56. The van der Waals surface area contributed by atoms with Crippen molar-refractivity contribution in [2.45, 2.75) is 38.0 Å². The topological polar surface area (TPSA) is 0 Å². The van der Waals surface area contributed by atoms with Crippen molar-refractivity contribution in [2.24, 2.45) is 0 Å². The van der Waals surface area contributed by atoms with E-state index < -0.39 is 0 Å². The highest BCUT2D eigenvalue weighted by Gasteiger charge is 2.30. The van der Waals surface area contributed by atoms with Gasteiger partial charge >= 0.3 is 0 Å². The van der Waals surface area contributed by atoms with Crippen molar-refractivity contribution in [1.29, 1.82) is 0 Å². The predicted molar refractivity (Wildman–Crippen MR) is 66.9 cm³/mol. The molecule has 2 rings (SSSR count). The molecule has 0 spiro atoms. The van der Waals surface area contributed by atoms with Crippen LogP contribution in [0, 0.1) is 0 Å². The van der Waals surface area contributed by atoms with Gasteiger partial charge in [0.05, 0.1) is 0 Å². The minimum atomic E-state index is 0. The van der Waals surface area contributed by atoms with Gasteiger partial charge < -0.3 is 0 Å². The van der Waals surface area contributed by atoms with Crippen molar-refractivity contribution in [2.75, 3.05) is 0 Å². The summed E-state index contributed by atoms with van der Waals surface area (Å²) in [5.41, 5.74) is 1.87. The molecule has 2 heteroatoms. The predicted octanol–water partition coefficient (Wildman–Crippen LogP) is 2.98. The van der Waals surface area contributed by atoms with E-state index in [-0.39, 0.29) is 16.3 Å². The molecule has 3 radical (unpaired) electrons. The molecule has 0 nitrogen and oxygen atoms in total. The first-order valence-electron chi connectivity index (χ1n) is 5.12. The Kier molecular flexibility index (Phi) is 4.19.